The number of likely N-dealkylation sites (N-methyl/N-ethyl adjacent to an activating group) is 2. The van der Waals surface area contributed by atoms with Crippen LogP contribution in [0.15, 0.2) is 90.7 Å². The molecule has 2 aliphatic heterocycles. The number of carbonyl (C=O) groups is 10. The van der Waals surface area contributed by atoms with Crippen LogP contribution >= 0.6 is 0 Å². The quantitative estimate of drug-likeness (QED) is 0.0236. The van der Waals surface area contributed by atoms with Crippen molar-refractivity contribution >= 4 is 70.4 Å². The monoisotopic (exact) mass is 1340 g/mol. The summed E-state index contributed by atoms with van der Waals surface area (Å²) in [5.74, 6) is -6.41. The van der Waals surface area contributed by atoms with Crippen molar-refractivity contribution in [3.8, 4) is 5.75 Å². The van der Waals surface area contributed by atoms with E-state index in [1.165, 1.54) is 38.3 Å². The summed E-state index contributed by atoms with van der Waals surface area (Å²) < 4.78 is 23.4. The Morgan fingerprint density at radius 3 is 1.99 bits per heavy atom. The number of nitrogens with one attached hydrogen (secondary N) is 3. The van der Waals surface area contributed by atoms with Crippen LogP contribution in [0.4, 0.5) is 16.2 Å². The van der Waals surface area contributed by atoms with Gasteiger partial charge in [-0.25, -0.2) is 9.64 Å². The second-order valence-corrected chi connectivity index (χ2v) is 27.0. The molecule has 0 saturated carbocycles. The fourth-order valence-corrected chi connectivity index (χ4v) is 12.8. The molecule has 3 aromatic carbocycles. The first kappa shape index (κ1) is 79.4. The van der Waals surface area contributed by atoms with Gasteiger partial charge < -0.3 is 54.7 Å². The molecule has 0 spiro atoms. The zero-order valence-electron chi connectivity index (χ0n) is 59.3. The van der Waals surface area contributed by atoms with E-state index in [-0.39, 0.29) is 103 Å². The Balaban J connectivity index is 1.09. The number of hydrogen-bond acceptors (Lipinski definition) is 15. The van der Waals surface area contributed by atoms with Crippen LogP contribution in [0.2, 0.25) is 0 Å². The minimum atomic E-state index is -0.952. The van der Waals surface area contributed by atoms with Crippen LogP contribution in [0.3, 0.4) is 0 Å². The lowest BCUT2D eigenvalue weighted by atomic mass is 9.83. The highest BCUT2D eigenvalue weighted by molar-refractivity contribution is 6.15. The molecule has 4 N–H and O–H groups in total. The molecule has 23 heteroatoms. The molecule has 97 heavy (non-hydrogen) atoms. The number of hydrogen-bond donors (Lipinski definition) is 4. The minimum absolute atomic E-state index is 0.0634. The van der Waals surface area contributed by atoms with Crippen molar-refractivity contribution in [2.24, 2.45) is 41.4 Å². The predicted molar refractivity (Wildman–Crippen MR) is 367 cm³/mol. The first-order valence-electron chi connectivity index (χ1n) is 34.0. The minimum Gasteiger partial charge on any atom is -0.451 e. The Bertz CT molecular complexity index is 3240. The Labute approximate surface area is 572 Å². The Hall–Kier alpha value is -8.33. The highest BCUT2D eigenvalue weighted by Gasteiger charge is 2.44. The van der Waals surface area contributed by atoms with Crippen molar-refractivity contribution in [3.63, 3.8) is 0 Å². The molecule has 23 nitrogen and oxygen atoms in total. The number of likely N-dealkylation sites (tertiary alicyclic amines) is 1. The average Bonchev–Trinajstić information content (AvgIpc) is 1.81. The van der Waals surface area contributed by atoms with Gasteiger partial charge in [0, 0.05) is 78.2 Å². The van der Waals surface area contributed by atoms with Gasteiger partial charge in [0.1, 0.15) is 12.4 Å². The first-order valence-corrected chi connectivity index (χ1v) is 34.0. The van der Waals surface area contributed by atoms with Crippen LogP contribution in [0, 0.1) is 48.0 Å². The van der Waals surface area contributed by atoms with Gasteiger partial charge in [0.25, 0.3) is 11.8 Å². The second kappa shape index (κ2) is 38.0. The number of ether oxygens (including phenoxy) is 4. The van der Waals surface area contributed by atoms with Crippen LogP contribution in [0.25, 0.3) is 4.85 Å². The molecular weight excluding hydrogens is 1240 g/mol. The largest absolute Gasteiger partial charge is 0.451 e. The number of aliphatic hydroxyl groups excluding tert-OH is 1. The number of ketones is 2. The van der Waals surface area contributed by atoms with Crippen LogP contribution in [0.5, 0.6) is 5.75 Å². The molecule has 3 aromatic rings. The summed E-state index contributed by atoms with van der Waals surface area (Å²) in [6, 6.07) is 18.5. The van der Waals surface area contributed by atoms with Gasteiger partial charge >= 0.3 is 6.09 Å². The number of nitrogens with zero attached hydrogens (tertiary/aromatic N) is 5. The molecule has 0 bridgehead atoms. The fourth-order valence-electron chi connectivity index (χ4n) is 12.8. The standard InChI is InChI=1S/C74H104N8O15/c1-17-47(8)67(60(94-15)41-63(86)81-38-24-27-57(81)69(95-16)49(10)71(90)76-50(11)68(88)52-25-20-18-21-26-52)79(13)72(91)56(44(2)3)40-59(84)66(46(6)7)80(14)74(93)96-43-51-29-31-54(32-30-51)77-70(89)48(9)39-58(83)65(45(4)5)78-62(85)28-22-19-23-37-82-64(87)42-61(73(82)92)97-55-35-33-53(75-12)34-36-55/h18,20-21,25-26,29-36,42,44-50,56-57,60,65-69,88H,17,19,22-24,27-28,37-41,43H2,1-11,13-16H3,(H,76,90)(H,77,89)(H,78,85)/t47-,48+,49+,50+,56-,57-,60+,65-,66-,67-,68+,69+/m0/s1. The van der Waals surface area contributed by atoms with Crippen LogP contribution in [0.1, 0.15) is 158 Å². The first-order chi connectivity index (χ1) is 46.0. The highest BCUT2D eigenvalue weighted by atomic mass is 16.6. The average molecular weight is 1350 g/mol. The SMILES string of the molecule is [C-]#[N+]c1ccc(OC2=CC(=O)N(CCCCCC(=O)N[C@H](C(=O)C[C@@H](C)C(=O)Nc3ccc(COC(=O)N(C)[C@H](C(=O)C[C@H](C(=O)N(C)[C@@H]([C@@H](C)CC)[C@@H](CC(=O)N4CCC[C@H]4[C@H](OC)[C@@H](C)C(=O)N[C@H](C)[C@@H](O)c4ccccc4)OC)C(C)C)C(C)C)cc3)C(C)C)C2=O)cc1. The van der Waals surface area contributed by atoms with Crippen molar-refractivity contribution in [3.05, 3.63) is 113 Å². The Morgan fingerprint density at radius 1 is 0.742 bits per heavy atom. The lowest BCUT2D eigenvalue weighted by Crippen LogP contribution is -2.55. The van der Waals surface area contributed by atoms with Crippen LogP contribution in [-0.4, -0.2) is 168 Å². The number of amides is 8. The lowest BCUT2D eigenvalue weighted by molar-refractivity contribution is -0.149. The number of rotatable bonds is 38. The normalized spacial score (nSPS) is 17.3. The van der Waals surface area contributed by atoms with Crippen molar-refractivity contribution in [1.82, 2.24) is 30.2 Å². The summed E-state index contributed by atoms with van der Waals surface area (Å²) in [6.45, 7) is 27.6. The number of carbonyl (C=O) groups excluding carboxylic acids is 10. The van der Waals surface area contributed by atoms with Crippen molar-refractivity contribution in [2.45, 2.75) is 195 Å². The third kappa shape index (κ3) is 22.1. The number of imide groups is 1. The fraction of sp³-hybridized carbons (Fsp3) is 0.581. The summed E-state index contributed by atoms with van der Waals surface area (Å²) >= 11 is 0. The van der Waals surface area contributed by atoms with Gasteiger partial charge in [0.15, 0.2) is 23.0 Å². The molecule has 2 aliphatic rings. The van der Waals surface area contributed by atoms with Crippen molar-refractivity contribution in [1.29, 1.82) is 0 Å². The second-order valence-electron chi connectivity index (χ2n) is 27.0. The maximum Gasteiger partial charge on any atom is 0.410 e. The molecule has 1 fully saturated rings. The van der Waals surface area contributed by atoms with E-state index >= 15 is 0 Å². The summed E-state index contributed by atoms with van der Waals surface area (Å²) in [5.41, 5.74) is 2.09. The molecule has 1 saturated heterocycles. The van der Waals surface area contributed by atoms with Gasteiger partial charge in [-0.1, -0.05) is 137 Å². The molecule has 530 valence electrons. The topological polar surface area (TPSA) is 281 Å². The van der Waals surface area contributed by atoms with Gasteiger partial charge in [-0.2, -0.15) is 0 Å². The zero-order valence-corrected chi connectivity index (χ0v) is 59.3. The van der Waals surface area contributed by atoms with Crippen molar-refractivity contribution < 1.29 is 72.0 Å². The molecule has 0 aromatic heterocycles. The predicted octanol–water partition coefficient (Wildman–Crippen LogP) is 9.79. The Kier molecular flexibility index (Phi) is 31.1. The maximum atomic E-state index is 14.9. The van der Waals surface area contributed by atoms with Crippen molar-refractivity contribution in [2.75, 3.05) is 46.7 Å². The van der Waals surface area contributed by atoms with E-state index in [0.29, 0.717) is 73.3 Å². The smallest absolute Gasteiger partial charge is 0.410 e. The van der Waals surface area contributed by atoms with E-state index in [4.69, 9.17) is 25.5 Å². The summed E-state index contributed by atoms with van der Waals surface area (Å²) in [7, 11) is 6.21. The molecule has 0 aliphatic carbocycles. The molecule has 8 amide bonds. The Morgan fingerprint density at radius 2 is 1.40 bits per heavy atom. The van der Waals surface area contributed by atoms with E-state index in [1.54, 1.807) is 100.0 Å². The molecule has 2 heterocycles. The zero-order chi connectivity index (χ0) is 72.0. The number of benzene rings is 3. The third-order valence-corrected chi connectivity index (χ3v) is 18.8. The van der Waals surface area contributed by atoms with Gasteiger partial charge in [0.05, 0.1) is 73.5 Å². The molecule has 0 unspecified atom stereocenters. The van der Waals surface area contributed by atoms with E-state index in [2.05, 4.69) is 20.8 Å². The van der Waals surface area contributed by atoms with E-state index in [9.17, 15) is 53.1 Å². The van der Waals surface area contributed by atoms with E-state index in [0.717, 1.165) is 11.0 Å². The number of Topliss-reactive ketones (excluding diaryl/α,β-unsaturated/α-hetero) is 2. The number of aliphatic hydroxyl groups is 1. The molecule has 12 atom stereocenters. The number of methoxy groups -OCH3 is 2. The van der Waals surface area contributed by atoms with E-state index < -0.39 is 90.1 Å². The number of anilines is 1. The molecule has 0 radical (unpaired) electrons. The van der Waals surface area contributed by atoms with Gasteiger partial charge in [-0.3, -0.25) is 48.1 Å². The van der Waals surface area contributed by atoms with Crippen LogP contribution in [-0.2, 0) is 64.0 Å². The van der Waals surface area contributed by atoms with Gasteiger partial charge in [-0.15, -0.1) is 0 Å². The molecular formula is C74H104N8O15. The maximum absolute atomic E-state index is 14.9. The van der Waals surface area contributed by atoms with E-state index in [1.807, 2.05) is 59.7 Å². The highest BCUT2D eigenvalue weighted by Crippen LogP contribution is 2.33. The third-order valence-electron chi connectivity index (χ3n) is 18.8. The van der Waals surface area contributed by atoms with Gasteiger partial charge in [0.2, 0.25) is 29.5 Å². The number of unbranched alkanes of at least 4 members (excludes halogenated alkanes) is 2. The summed E-state index contributed by atoms with van der Waals surface area (Å²) in [5, 5.41) is 19.6. The molecule has 5 rings (SSSR count). The summed E-state index contributed by atoms with van der Waals surface area (Å²) in [4.78, 5) is 146. The van der Waals surface area contributed by atoms with Gasteiger partial charge in [-0.05, 0) is 91.7 Å². The lowest BCUT2D eigenvalue weighted by Gasteiger charge is -2.41. The summed E-state index contributed by atoms with van der Waals surface area (Å²) in [6.07, 6.45) is 1.11. The van der Waals surface area contributed by atoms with Crippen LogP contribution < -0.4 is 20.7 Å².